The number of nitrogens with zero attached hydrogens (tertiary/aromatic N) is 3. The van der Waals surface area contributed by atoms with Gasteiger partial charge in [-0.15, -0.1) is 0 Å². The lowest BCUT2D eigenvalue weighted by molar-refractivity contribution is -0.139. The third kappa shape index (κ3) is 4.74. The number of methoxy groups -OCH3 is 2. The molecule has 0 radical (unpaired) electrons. The normalized spacial score (nSPS) is 16.3. The first kappa shape index (κ1) is 22.4. The molecule has 1 amide bonds. The molecule has 3 rings (SSSR count). The maximum Gasteiger partial charge on any atom is 0.355 e. The number of carbonyl (C=O) groups is 3. The molecule has 0 bridgehead atoms. The van der Waals surface area contributed by atoms with Crippen LogP contribution in [0.5, 0.6) is 0 Å². The molecule has 0 saturated carbocycles. The molecule has 0 atom stereocenters. The zero-order chi connectivity index (χ0) is 22.5. The maximum atomic E-state index is 12.5. The van der Waals surface area contributed by atoms with Gasteiger partial charge in [-0.25, -0.2) is 9.59 Å². The van der Waals surface area contributed by atoms with E-state index < -0.39 is 11.9 Å². The molecule has 8 nitrogen and oxygen atoms in total. The Morgan fingerprint density at radius 1 is 0.968 bits per heavy atom. The lowest BCUT2D eigenvalue weighted by atomic mass is 10.1. The van der Waals surface area contributed by atoms with Crippen molar-refractivity contribution >= 4 is 40.8 Å². The van der Waals surface area contributed by atoms with Crippen LogP contribution in [0.4, 0.5) is 11.4 Å². The first-order valence-electron chi connectivity index (χ1n) is 9.72. The van der Waals surface area contributed by atoms with Crippen LogP contribution in [0.2, 0.25) is 5.02 Å². The average Bonchev–Trinajstić information content (AvgIpc) is 3.01. The van der Waals surface area contributed by atoms with Crippen LogP contribution in [0.1, 0.15) is 6.92 Å². The van der Waals surface area contributed by atoms with Gasteiger partial charge in [0.15, 0.2) is 0 Å². The number of hydrogen-bond acceptors (Lipinski definition) is 7. The van der Waals surface area contributed by atoms with E-state index in [0.717, 1.165) is 5.69 Å². The van der Waals surface area contributed by atoms with Gasteiger partial charge in [-0.1, -0.05) is 17.7 Å². The number of benzene rings is 1. The van der Waals surface area contributed by atoms with Gasteiger partial charge in [0, 0.05) is 45.0 Å². The van der Waals surface area contributed by atoms with E-state index in [-0.39, 0.29) is 17.2 Å². The van der Waals surface area contributed by atoms with Gasteiger partial charge in [-0.2, -0.15) is 0 Å². The summed E-state index contributed by atoms with van der Waals surface area (Å²) in [5.74, 6) is -1.28. The van der Waals surface area contributed by atoms with Gasteiger partial charge < -0.3 is 24.2 Å². The number of amides is 1. The number of hydrogen-bond donors (Lipinski definition) is 0. The minimum Gasteiger partial charge on any atom is -0.465 e. The Hall–Kier alpha value is -3.26. The smallest absolute Gasteiger partial charge is 0.355 e. The van der Waals surface area contributed by atoms with Crippen LogP contribution in [0, 0.1) is 0 Å². The summed E-state index contributed by atoms with van der Waals surface area (Å²) in [4.78, 5) is 41.8. The van der Waals surface area contributed by atoms with E-state index in [4.69, 9.17) is 21.1 Å². The van der Waals surface area contributed by atoms with Gasteiger partial charge in [-0.05, 0) is 30.4 Å². The largest absolute Gasteiger partial charge is 0.465 e. The van der Waals surface area contributed by atoms with E-state index in [9.17, 15) is 14.4 Å². The second-order valence-corrected chi connectivity index (χ2v) is 7.35. The Morgan fingerprint density at radius 2 is 1.65 bits per heavy atom. The highest BCUT2D eigenvalue weighted by atomic mass is 35.5. The summed E-state index contributed by atoms with van der Waals surface area (Å²) >= 11 is 6.60. The molecule has 2 aliphatic rings. The van der Waals surface area contributed by atoms with Gasteiger partial charge in [0.25, 0.3) is 0 Å². The number of ether oxygens (including phenoxy) is 2. The monoisotopic (exact) mass is 445 g/mol. The molecule has 0 N–H and O–H groups in total. The molecule has 164 valence electrons. The molecule has 31 heavy (non-hydrogen) atoms. The summed E-state index contributed by atoms with van der Waals surface area (Å²) in [6.07, 6.45) is 6.48. The summed E-state index contributed by atoms with van der Waals surface area (Å²) < 4.78 is 9.74. The van der Waals surface area contributed by atoms with Crippen molar-refractivity contribution in [3.05, 3.63) is 58.9 Å². The highest BCUT2D eigenvalue weighted by Gasteiger charge is 2.28. The first-order valence-corrected chi connectivity index (χ1v) is 10.1. The van der Waals surface area contributed by atoms with E-state index in [1.54, 1.807) is 41.1 Å². The minimum absolute atomic E-state index is 0.0261. The number of allylic oxidation sites excluding steroid dienone is 2. The number of piperazine rings is 1. The SMILES string of the molecule is COC(=O)C1=C(C(=O)OC)N(c2ccc(N3CCN(C(C)=O)CC3)c(Cl)c2)C=CC=C1. The number of rotatable bonds is 4. The Balaban J connectivity index is 1.94. The predicted octanol–water partition coefficient (Wildman–Crippen LogP) is 2.50. The van der Waals surface area contributed by atoms with E-state index in [1.165, 1.54) is 20.3 Å². The number of carbonyl (C=O) groups excluding carboxylic acids is 3. The molecule has 1 saturated heterocycles. The average molecular weight is 446 g/mol. The number of halogens is 1. The van der Waals surface area contributed by atoms with Crippen LogP contribution in [0.3, 0.4) is 0 Å². The highest BCUT2D eigenvalue weighted by Crippen LogP contribution is 2.34. The Morgan fingerprint density at radius 3 is 2.23 bits per heavy atom. The van der Waals surface area contributed by atoms with Crippen LogP contribution in [0.25, 0.3) is 0 Å². The van der Waals surface area contributed by atoms with Crippen LogP contribution in [-0.4, -0.2) is 63.1 Å². The molecule has 0 aliphatic carbocycles. The molecule has 0 spiro atoms. The quantitative estimate of drug-likeness (QED) is 0.659. The molecule has 0 aromatic heterocycles. The molecule has 1 fully saturated rings. The van der Waals surface area contributed by atoms with Crippen LogP contribution < -0.4 is 9.80 Å². The van der Waals surface area contributed by atoms with Crippen molar-refractivity contribution in [1.82, 2.24) is 4.90 Å². The summed E-state index contributed by atoms with van der Waals surface area (Å²) in [7, 11) is 2.50. The highest BCUT2D eigenvalue weighted by molar-refractivity contribution is 6.33. The molecule has 1 aromatic carbocycles. The van der Waals surface area contributed by atoms with E-state index >= 15 is 0 Å². The molecule has 1 aromatic rings. The topological polar surface area (TPSA) is 79.4 Å². The minimum atomic E-state index is -0.683. The standard InChI is InChI=1S/C22H24ClN3O5/c1-15(27)24-10-12-25(13-11-24)19-8-7-16(14-18(19)23)26-9-5-4-6-17(21(28)30-2)20(26)22(29)31-3/h4-9,14H,10-13H2,1-3H3. The van der Waals surface area contributed by atoms with E-state index in [1.807, 2.05) is 12.1 Å². The predicted molar refractivity (Wildman–Crippen MR) is 118 cm³/mol. The van der Waals surface area contributed by atoms with Crippen molar-refractivity contribution in [2.24, 2.45) is 0 Å². The third-order valence-electron chi connectivity index (χ3n) is 5.16. The van der Waals surface area contributed by atoms with Crippen molar-refractivity contribution in [2.45, 2.75) is 6.92 Å². The fraction of sp³-hybridized carbons (Fsp3) is 0.318. The second-order valence-electron chi connectivity index (χ2n) is 6.94. The van der Waals surface area contributed by atoms with Gasteiger partial charge in [0.1, 0.15) is 5.70 Å². The fourth-order valence-electron chi connectivity index (χ4n) is 3.53. The summed E-state index contributed by atoms with van der Waals surface area (Å²) in [6, 6.07) is 5.40. The molecule has 9 heteroatoms. The van der Waals surface area contributed by atoms with Crippen molar-refractivity contribution in [1.29, 1.82) is 0 Å². The number of anilines is 2. The van der Waals surface area contributed by atoms with Gasteiger partial charge >= 0.3 is 11.9 Å². The molecule has 0 unspecified atom stereocenters. The zero-order valence-corrected chi connectivity index (χ0v) is 18.4. The molecular formula is C22H24ClN3O5. The van der Waals surface area contributed by atoms with Crippen molar-refractivity contribution in [3.8, 4) is 0 Å². The Labute approximate surface area is 185 Å². The van der Waals surface area contributed by atoms with Gasteiger partial charge in [0.2, 0.25) is 5.91 Å². The summed E-state index contributed by atoms with van der Waals surface area (Å²) in [6.45, 7) is 4.17. The van der Waals surface area contributed by atoms with Crippen molar-refractivity contribution < 1.29 is 23.9 Å². The van der Waals surface area contributed by atoms with E-state index in [2.05, 4.69) is 4.90 Å². The zero-order valence-electron chi connectivity index (χ0n) is 17.6. The fourth-order valence-corrected chi connectivity index (χ4v) is 3.82. The first-order chi connectivity index (χ1) is 14.9. The molecule has 2 aliphatic heterocycles. The Bertz CT molecular complexity index is 977. The van der Waals surface area contributed by atoms with Crippen molar-refractivity contribution in [2.75, 3.05) is 50.2 Å². The van der Waals surface area contributed by atoms with Crippen LogP contribution in [0.15, 0.2) is 53.9 Å². The maximum absolute atomic E-state index is 12.5. The second kappa shape index (κ2) is 9.70. The van der Waals surface area contributed by atoms with Gasteiger partial charge in [0.05, 0.1) is 30.5 Å². The van der Waals surface area contributed by atoms with E-state index in [0.29, 0.717) is 36.9 Å². The summed E-state index contributed by atoms with van der Waals surface area (Å²) in [5.41, 5.74) is 1.51. The molecule has 2 heterocycles. The van der Waals surface area contributed by atoms with Crippen LogP contribution in [-0.2, 0) is 23.9 Å². The summed E-state index contributed by atoms with van der Waals surface area (Å²) in [5, 5.41) is 0.489. The lowest BCUT2D eigenvalue weighted by Gasteiger charge is -2.36. The number of esters is 2. The van der Waals surface area contributed by atoms with Crippen molar-refractivity contribution in [3.63, 3.8) is 0 Å². The van der Waals surface area contributed by atoms with Gasteiger partial charge in [-0.3, -0.25) is 4.79 Å². The van der Waals surface area contributed by atoms with Crippen LogP contribution >= 0.6 is 11.6 Å². The molecular weight excluding hydrogens is 422 g/mol. The Kier molecular flexibility index (Phi) is 7.02. The lowest BCUT2D eigenvalue weighted by Crippen LogP contribution is -2.48. The third-order valence-corrected chi connectivity index (χ3v) is 5.47.